The second kappa shape index (κ2) is 7.08. The van der Waals surface area contributed by atoms with Crippen molar-refractivity contribution in [2.75, 3.05) is 11.6 Å². The van der Waals surface area contributed by atoms with Gasteiger partial charge in [0.15, 0.2) is 15.0 Å². The minimum atomic E-state index is -3.29. The second-order valence-corrected chi connectivity index (χ2v) is 10.2. The third-order valence-corrected chi connectivity index (χ3v) is 6.98. The molecule has 0 aliphatic rings. The van der Waals surface area contributed by atoms with E-state index in [-0.39, 0.29) is 10.8 Å². The number of nitrogens with one attached hydrogen (secondary N) is 1. The highest BCUT2D eigenvalue weighted by molar-refractivity contribution is 7.90. The third kappa shape index (κ3) is 3.82. The van der Waals surface area contributed by atoms with Crippen molar-refractivity contribution in [3.63, 3.8) is 0 Å². The number of carbonyl (C=O) groups excluding carboxylic acids is 1. The van der Waals surface area contributed by atoms with Crippen molar-refractivity contribution in [3.05, 3.63) is 59.1 Å². The van der Waals surface area contributed by atoms with Crippen LogP contribution in [0.5, 0.6) is 0 Å². The molecule has 0 aliphatic carbocycles. The van der Waals surface area contributed by atoms with E-state index in [9.17, 15) is 13.2 Å². The number of sulfone groups is 1. The van der Waals surface area contributed by atoms with E-state index in [1.54, 1.807) is 17.5 Å². The summed E-state index contributed by atoms with van der Waals surface area (Å²) >= 11 is 2.62. The van der Waals surface area contributed by atoms with Gasteiger partial charge in [-0.2, -0.15) is 0 Å². The van der Waals surface area contributed by atoms with Gasteiger partial charge in [-0.1, -0.05) is 41.2 Å². The summed E-state index contributed by atoms with van der Waals surface area (Å²) in [5, 5.41) is 5.62. The van der Waals surface area contributed by atoms with Crippen molar-refractivity contribution in [1.29, 1.82) is 0 Å². The first kappa shape index (κ1) is 18.7. The summed E-state index contributed by atoms with van der Waals surface area (Å²) in [6, 6.07) is 12.7. The maximum atomic E-state index is 12.5. The van der Waals surface area contributed by atoms with Gasteiger partial charge in [0, 0.05) is 17.2 Å². The number of thiazole rings is 2. The van der Waals surface area contributed by atoms with Gasteiger partial charge < -0.3 is 0 Å². The minimum Gasteiger partial charge on any atom is -0.296 e. The first-order valence-electron chi connectivity index (χ1n) is 8.24. The number of hydrogen-bond donors (Lipinski definition) is 1. The van der Waals surface area contributed by atoms with Crippen molar-refractivity contribution in [1.82, 2.24) is 9.97 Å². The van der Waals surface area contributed by atoms with Crippen molar-refractivity contribution in [3.8, 4) is 10.6 Å². The van der Waals surface area contributed by atoms with Gasteiger partial charge in [-0.25, -0.2) is 18.4 Å². The van der Waals surface area contributed by atoms with Crippen LogP contribution in [0.4, 0.5) is 5.13 Å². The highest BCUT2D eigenvalue weighted by Gasteiger charge is 2.15. The fourth-order valence-electron chi connectivity index (χ4n) is 2.56. The standard InChI is InChI=1S/C19H15N3O3S3/c1-11-3-5-12(6-4-11)18-20-15(10-26-18)17(23)22-19-21-14-8-7-13(28(2,24)25)9-16(14)27-19/h3-10H,1-2H3,(H,21,22,23). The lowest BCUT2D eigenvalue weighted by atomic mass is 10.2. The lowest BCUT2D eigenvalue weighted by Crippen LogP contribution is -2.11. The van der Waals surface area contributed by atoms with Crippen LogP contribution < -0.4 is 5.32 Å². The summed E-state index contributed by atoms with van der Waals surface area (Å²) in [6.45, 7) is 2.02. The van der Waals surface area contributed by atoms with Crippen LogP contribution in [-0.2, 0) is 9.84 Å². The third-order valence-electron chi connectivity index (χ3n) is 4.04. The average molecular weight is 430 g/mol. The summed E-state index contributed by atoms with van der Waals surface area (Å²) in [6.07, 6.45) is 1.16. The lowest BCUT2D eigenvalue weighted by Gasteiger charge is -1.98. The molecule has 9 heteroatoms. The fraction of sp³-hybridized carbons (Fsp3) is 0.105. The van der Waals surface area contributed by atoms with Gasteiger partial charge in [-0.3, -0.25) is 10.1 Å². The highest BCUT2D eigenvalue weighted by Crippen LogP contribution is 2.29. The molecule has 0 saturated carbocycles. The largest absolute Gasteiger partial charge is 0.296 e. The molecule has 1 amide bonds. The molecule has 4 aromatic rings. The van der Waals surface area contributed by atoms with Crippen molar-refractivity contribution in [2.45, 2.75) is 11.8 Å². The van der Waals surface area contributed by atoms with Gasteiger partial charge in [0.25, 0.3) is 5.91 Å². The van der Waals surface area contributed by atoms with Crippen LogP contribution in [0.15, 0.2) is 52.7 Å². The Morgan fingerprint density at radius 2 is 1.82 bits per heavy atom. The normalized spacial score (nSPS) is 11.6. The number of fused-ring (bicyclic) bond motifs is 1. The zero-order valence-corrected chi connectivity index (χ0v) is 17.4. The number of anilines is 1. The number of hydrogen-bond acceptors (Lipinski definition) is 7. The summed E-state index contributed by atoms with van der Waals surface area (Å²) in [4.78, 5) is 21.5. The molecule has 0 bridgehead atoms. The van der Waals surface area contributed by atoms with Crippen LogP contribution in [0.25, 0.3) is 20.8 Å². The Balaban J connectivity index is 1.56. The van der Waals surface area contributed by atoms with Crippen molar-refractivity contribution >= 4 is 53.8 Å². The minimum absolute atomic E-state index is 0.226. The predicted octanol–water partition coefficient (Wildman–Crippen LogP) is 4.38. The van der Waals surface area contributed by atoms with E-state index >= 15 is 0 Å². The SMILES string of the molecule is Cc1ccc(-c2nc(C(=O)Nc3nc4ccc(S(C)(=O)=O)cc4s3)cs2)cc1. The van der Waals surface area contributed by atoms with Crippen LogP contribution in [0, 0.1) is 6.92 Å². The Hall–Kier alpha value is -2.62. The van der Waals surface area contributed by atoms with Crippen LogP contribution in [-0.4, -0.2) is 30.5 Å². The molecule has 2 heterocycles. The van der Waals surface area contributed by atoms with E-state index < -0.39 is 9.84 Å². The molecule has 6 nitrogen and oxygen atoms in total. The monoisotopic (exact) mass is 429 g/mol. The van der Waals surface area contributed by atoms with Gasteiger partial charge in [0.1, 0.15) is 10.7 Å². The van der Waals surface area contributed by atoms with Crippen molar-refractivity contribution < 1.29 is 13.2 Å². The molecule has 0 unspecified atom stereocenters. The number of amides is 1. The number of benzene rings is 2. The highest BCUT2D eigenvalue weighted by atomic mass is 32.2. The number of aryl methyl sites for hydroxylation is 1. The van der Waals surface area contributed by atoms with E-state index in [2.05, 4.69) is 15.3 Å². The molecular weight excluding hydrogens is 414 g/mol. The molecule has 142 valence electrons. The number of aromatic nitrogens is 2. The smallest absolute Gasteiger partial charge is 0.276 e. The maximum absolute atomic E-state index is 12.5. The van der Waals surface area contributed by atoms with E-state index in [1.165, 1.54) is 28.7 Å². The number of carbonyl (C=O) groups is 1. The van der Waals surface area contributed by atoms with E-state index in [0.29, 0.717) is 21.0 Å². The van der Waals surface area contributed by atoms with Crippen LogP contribution in [0.2, 0.25) is 0 Å². The van der Waals surface area contributed by atoms with Gasteiger partial charge in [-0.05, 0) is 25.1 Å². The zero-order valence-electron chi connectivity index (χ0n) is 15.0. The van der Waals surface area contributed by atoms with Gasteiger partial charge in [0.05, 0.1) is 15.1 Å². The van der Waals surface area contributed by atoms with Crippen LogP contribution in [0.1, 0.15) is 16.1 Å². The summed E-state index contributed by atoms with van der Waals surface area (Å²) in [5.41, 5.74) is 3.07. The molecule has 1 N–H and O–H groups in total. The van der Waals surface area contributed by atoms with Gasteiger partial charge in [-0.15, -0.1) is 11.3 Å². The van der Waals surface area contributed by atoms with E-state index in [0.717, 1.165) is 22.4 Å². The Morgan fingerprint density at radius 1 is 1.07 bits per heavy atom. The quantitative estimate of drug-likeness (QED) is 0.520. The van der Waals surface area contributed by atoms with Gasteiger partial charge in [0.2, 0.25) is 0 Å². The van der Waals surface area contributed by atoms with Crippen LogP contribution in [0.3, 0.4) is 0 Å². The lowest BCUT2D eigenvalue weighted by molar-refractivity contribution is 0.102. The first-order chi connectivity index (χ1) is 13.3. The molecule has 2 aromatic heterocycles. The predicted molar refractivity (Wildman–Crippen MR) is 113 cm³/mol. The Bertz CT molecular complexity index is 1290. The molecule has 0 atom stereocenters. The number of nitrogens with zero attached hydrogens (tertiary/aromatic N) is 2. The molecule has 0 aliphatic heterocycles. The molecule has 0 spiro atoms. The molecule has 28 heavy (non-hydrogen) atoms. The molecule has 2 aromatic carbocycles. The molecular formula is C19H15N3O3S3. The van der Waals surface area contributed by atoms with E-state index in [1.807, 2.05) is 31.2 Å². The molecule has 0 radical (unpaired) electrons. The van der Waals surface area contributed by atoms with E-state index in [4.69, 9.17) is 0 Å². The summed E-state index contributed by atoms with van der Waals surface area (Å²) in [5.74, 6) is -0.350. The Morgan fingerprint density at radius 3 is 2.54 bits per heavy atom. The second-order valence-electron chi connectivity index (χ2n) is 6.28. The number of rotatable bonds is 4. The fourth-order valence-corrected chi connectivity index (χ4v) is 4.99. The molecule has 0 saturated heterocycles. The summed E-state index contributed by atoms with van der Waals surface area (Å²) < 4.78 is 24.1. The zero-order chi connectivity index (χ0) is 19.9. The average Bonchev–Trinajstić information content (AvgIpc) is 3.27. The summed E-state index contributed by atoms with van der Waals surface area (Å²) in [7, 11) is -3.29. The maximum Gasteiger partial charge on any atom is 0.276 e. The first-order valence-corrected chi connectivity index (χ1v) is 11.8. The van der Waals surface area contributed by atoms with Crippen LogP contribution >= 0.6 is 22.7 Å². The van der Waals surface area contributed by atoms with Crippen molar-refractivity contribution in [2.24, 2.45) is 0 Å². The Kier molecular flexibility index (Phi) is 4.74. The Labute approximate surface area is 169 Å². The molecule has 4 rings (SSSR count). The topological polar surface area (TPSA) is 89.0 Å². The molecule has 0 fully saturated rings. The van der Waals surface area contributed by atoms with Gasteiger partial charge >= 0.3 is 0 Å².